The first kappa shape index (κ1) is 12.8. The number of pyridine rings is 1. The highest BCUT2D eigenvalue weighted by Crippen LogP contribution is 2.25. The van der Waals surface area contributed by atoms with Gasteiger partial charge in [-0.15, -0.1) is 0 Å². The van der Waals surface area contributed by atoms with E-state index in [1.54, 1.807) is 12.3 Å². The third-order valence-corrected chi connectivity index (χ3v) is 3.39. The lowest BCUT2D eigenvalue weighted by Gasteiger charge is -2.16. The molecule has 0 bridgehead atoms. The zero-order valence-electron chi connectivity index (χ0n) is 10.9. The van der Waals surface area contributed by atoms with E-state index >= 15 is 0 Å². The number of hydrogen-bond acceptors (Lipinski definition) is 3. The van der Waals surface area contributed by atoms with Crippen molar-refractivity contribution in [2.24, 2.45) is 0 Å². The van der Waals surface area contributed by atoms with Crippen LogP contribution in [-0.2, 0) is 13.0 Å². The van der Waals surface area contributed by atoms with Crippen molar-refractivity contribution in [3.05, 3.63) is 59.2 Å². The van der Waals surface area contributed by atoms with E-state index in [2.05, 4.69) is 4.98 Å². The Hall–Kier alpha value is -2.23. The van der Waals surface area contributed by atoms with Gasteiger partial charge in [-0.1, -0.05) is 0 Å². The largest absolute Gasteiger partial charge is 0.489 e. The highest BCUT2D eigenvalue weighted by atomic mass is 19.1. The summed E-state index contributed by atoms with van der Waals surface area (Å²) in [6, 6.07) is 6.90. The molecule has 102 valence electrons. The third-order valence-electron chi connectivity index (χ3n) is 3.39. The van der Waals surface area contributed by atoms with Gasteiger partial charge in [-0.25, -0.2) is 4.39 Å². The van der Waals surface area contributed by atoms with Crippen LogP contribution in [0.2, 0.25) is 0 Å². The monoisotopic (exact) mass is 271 g/mol. The SMILES string of the molecule is O=C1CCCc2cc(OCc3cncc(F)c3)ccc21. The third kappa shape index (κ3) is 2.69. The maximum atomic E-state index is 13.0. The van der Waals surface area contributed by atoms with Gasteiger partial charge < -0.3 is 4.74 Å². The zero-order valence-corrected chi connectivity index (χ0v) is 10.9. The van der Waals surface area contributed by atoms with E-state index in [-0.39, 0.29) is 18.2 Å². The van der Waals surface area contributed by atoms with Crippen LogP contribution in [0.5, 0.6) is 5.75 Å². The molecular formula is C16H14FNO2. The number of aromatic nitrogens is 1. The molecule has 0 atom stereocenters. The number of fused-ring (bicyclic) bond motifs is 1. The lowest BCUT2D eigenvalue weighted by molar-refractivity contribution is 0.0972. The first-order chi connectivity index (χ1) is 9.72. The van der Waals surface area contributed by atoms with Crippen molar-refractivity contribution in [1.82, 2.24) is 4.98 Å². The van der Waals surface area contributed by atoms with E-state index in [1.807, 2.05) is 12.1 Å². The van der Waals surface area contributed by atoms with Gasteiger partial charge in [0.1, 0.15) is 18.2 Å². The Morgan fingerprint density at radius 2 is 2.10 bits per heavy atom. The molecule has 1 heterocycles. The normalized spacial score (nSPS) is 13.9. The van der Waals surface area contributed by atoms with Crippen molar-refractivity contribution in [2.75, 3.05) is 0 Å². The minimum absolute atomic E-state index is 0.201. The number of halogens is 1. The lowest BCUT2D eigenvalue weighted by Crippen LogP contribution is -2.10. The van der Waals surface area contributed by atoms with Gasteiger partial charge in [-0.05, 0) is 42.7 Å². The zero-order chi connectivity index (χ0) is 13.9. The van der Waals surface area contributed by atoms with Crippen LogP contribution < -0.4 is 4.74 Å². The minimum Gasteiger partial charge on any atom is -0.489 e. The molecule has 0 aliphatic heterocycles. The van der Waals surface area contributed by atoms with Gasteiger partial charge in [0.25, 0.3) is 0 Å². The molecule has 0 fully saturated rings. The summed E-state index contributed by atoms with van der Waals surface area (Å²) in [5.74, 6) is 0.525. The molecule has 0 saturated carbocycles. The number of carbonyl (C=O) groups excluding carboxylic acids is 1. The second-order valence-corrected chi connectivity index (χ2v) is 4.90. The molecule has 0 N–H and O–H groups in total. The number of carbonyl (C=O) groups is 1. The van der Waals surface area contributed by atoms with Crippen LogP contribution in [0.25, 0.3) is 0 Å². The maximum Gasteiger partial charge on any atom is 0.163 e. The molecule has 4 heteroatoms. The number of nitrogens with zero attached hydrogens (tertiary/aromatic N) is 1. The van der Waals surface area contributed by atoms with Crippen molar-refractivity contribution < 1.29 is 13.9 Å². The summed E-state index contributed by atoms with van der Waals surface area (Å²) in [6.45, 7) is 0.261. The van der Waals surface area contributed by atoms with Gasteiger partial charge in [0, 0.05) is 23.7 Å². The Morgan fingerprint density at radius 3 is 2.95 bits per heavy atom. The molecule has 1 aromatic carbocycles. The molecule has 0 spiro atoms. The molecule has 0 amide bonds. The van der Waals surface area contributed by atoms with Crippen LogP contribution in [0.1, 0.15) is 34.3 Å². The number of benzene rings is 1. The molecule has 2 aromatic rings. The van der Waals surface area contributed by atoms with Crippen LogP contribution >= 0.6 is 0 Å². The Bertz CT molecular complexity index is 655. The van der Waals surface area contributed by atoms with Crippen molar-refractivity contribution in [3.8, 4) is 5.75 Å². The maximum absolute atomic E-state index is 13.0. The van der Waals surface area contributed by atoms with Crippen molar-refractivity contribution in [2.45, 2.75) is 25.9 Å². The minimum atomic E-state index is -0.373. The molecule has 0 unspecified atom stereocenters. The highest BCUT2D eigenvalue weighted by Gasteiger charge is 2.17. The quantitative estimate of drug-likeness (QED) is 0.859. The Balaban J connectivity index is 1.74. The fourth-order valence-electron chi connectivity index (χ4n) is 2.41. The molecule has 3 nitrogen and oxygen atoms in total. The average Bonchev–Trinajstić information content (AvgIpc) is 2.45. The van der Waals surface area contributed by atoms with Gasteiger partial charge in [0.2, 0.25) is 0 Å². The van der Waals surface area contributed by atoms with Gasteiger partial charge in [0.05, 0.1) is 6.20 Å². The number of ketones is 1. The molecule has 0 radical (unpaired) electrons. The number of rotatable bonds is 3. The number of ether oxygens (including phenoxy) is 1. The summed E-state index contributed by atoms with van der Waals surface area (Å²) in [5.41, 5.74) is 2.52. The second-order valence-electron chi connectivity index (χ2n) is 4.90. The highest BCUT2D eigenvalue weighted by molar-refractivity contribution is 5.98. The van der Waals surface area contributed by atoms with Crippen molar-refractivity contribution in [1.29, 1.82) is 0 Å². The van der Waals surface area contributed by atoms with E-state index in [0.717, 1.165) is 30.2 Å². The second kappa shape index (κ2) is 5.41. The lowest BCUT2D eigenvalue weighted by atomic mass is 9.90. The topological polar surface area (TPSA) is 39.2 Å². The van der Waals surface area contributed by atoms with Crippen LogP contribution in [0.3, 0.4) is 0 Å². The summed E-state index contributed by atoms with van der Waals surface area (Å²) in [7, 11) is 0. The van der Waals surface area contributed by atoms with E-state index in [0.29, 0.717) is 17.7 Å². The van der Waals surface area contributed by atoms with Gasteiger partial charge >= 0.3 is 0 Å². The van der Waals surface area contributed by atoms with E-state index in [4.69, 9.17) is 4.74 Å². The fourth-order valence-corrected chi connectivity index (χ4v) is 2.41. The molecule has 0 saturated heterocycles. The molecular weight excluding hydrogens is 257 g/mol. The standard InChI is InChI=1S/C16H14FNO2/c17-13-6-11(8-18-9-13)10-20-14-4-5-15-12(7-14)2-1-3-16(15)19/h4-9H,1-3,10H2. The molecule has 20 heavy (non-hydrogen) atoms. The number of aryl methyl sites for hydroxylation is 1. The summed E-state index contributed by atoms with van der Waals surface area (Å²) >= 11 is 0. The first-order valence-corrected chi connectivity index (χ1v) is 6.61. The average molecular weight is 271 g/mol. The fraction of sp³-hybridized carbons (Fsp3) is 0.250. The summed E-state index contributed by atoms with van der Waals surface area (Å²) in [5, 5.41) is 0. The molecule has 1 aliphatic rings. The van der Waals surface area contributed by atoms with Gasteiger partial charge in [-0.3, -0.25) is 9.78 Å². The Morgan fingerprint density at radius 1 is 1.20 bits per heavy atom. The van der Waals surface area contributed by atoms with Crippen LogP contribution in [-0.4, -0.2) is 10.8 Å². The van der Waals surface area contributed by atoms with Crippen LogP contribution in [0.15, 0.2) is 36.7 Å². The smallest absolute Gasteiger partial charge is 0.163 e. The van der Waals surface area contributed by atoms with Gasteiger partial charge in [-0.2, -0.15) is 0 Å². The van der Waals surface area contributed by atoms with Crippen LogP contribution in [0.4, 0.5) is 4.39 Å². The Labute approximate surface area is 116 Å². The first-order valence-electron chi connectivity index (χ1n) is 6.61. The van der Waals surface area contributed by atoms with E-state index < -0.39 is 0 Å². The van der Waals surface area contributed by atoms with Crippen LogP contribution in [0, 0.1) is 5.82 Å². The van der Waals surface area contributed by atoms with Crippen molar-refractivity contribution >= 4 is 5.78 Å². The molecule has 3 rings (SSSR count). The van der Waals surface area contributed by atoms with Gasteiger partial charge in [0.15, 0.2) is 5.78 Å². The predicted octanol–water partition coefficient (Wildman–Crippen LogP) is 3.32. The number of Topliss-reactive ketones (excluding diaryl/α,β-unsaturated/α-hetero) is 1. The summed E-state index contributed by atoms with van der Waals surface area (Å²) in [4.78, 5) is 15.5. The van der Waals surface area contributed by atoms with E-state index in [9.17, 15) is 9.18 Å². The predicted molar refractivity (Wildman–Crippen MR) is 72.2 cm³/mol. The van der Waals surface area contributed by atoms with E-state index in [1.165, 1.54) is 6.07 Å². The Kier molecular flexibility index (Phi) is 3.46. The molecule has 1 aromatic heterocycles. The summed E-state index contributed by atoms with van der Waals surface area (Å²) in [6.07, 6.45) is 5.16. The number of hydrogen-bond donors (Lipinski definition) is 0. The van der Waals surface area contributed by atoms with Crippen molar-refractivity contribution in [3.63, 3.8) is 0 Å². The summed E-state index contributed by atoms with van der Waals surface area (Å²) < 4.78 is 18.6. The molecule has 1 aliphatic carbocycles.